The van der Waals surface area contributed by atoms with Crippen molar-refractivity contribution in [3.8, 4) is 0 Å². The van der Waals surface area contributed by atoms with Crippen LogP contribution < -0.4 is 11.3 Å². The van der Waals surface area contributed by atoms with Crippen LogP contribution in [0, 0.1) is 5.82 Å². The predicted octanol–water partition coefficient (Wildman–Crippen LogP) is 3.19. The van der Waals surface area contributed by atoms with Crippen LogP contribution in [0.15, 0.2) is 12.1 Å². The Morgan fingerprint density at radius 2 is 2.07 bits per heavy atom. The van der Waals surface area contributed by atoms with Crippen LogP contribution in [-0.2, 0) is 6.42 Å². The molecule has 0 amide bonds. The third-order valence-corrected chi connectivity index (χ3v) is 2.52. The van der Waals surface area contributed by atoms with E-state index in [2.05, 4.69) is 12.3 Å². The van der Waals surface area contributed by atoms with Gasteiger partial charge >= 0.3 is 0 Å². The maximum absolute atomic E-state index is 13.6. The van der Waals surface area contributed by atoms with Gasteiger partial charge in [0.15, 0.2) is 0 Å². The lowest BCUT2D eigenvalue weighted by atomic mass is 9.97. The van der Waals surface area contributed by atoms with Crippen LogP contribution in [0.2, 0.25) is 0 Å². The molecule has 0 heterocycles. The molecule has 0 fully saturated rings. The SMILES string of the molecule is CCCc1cc(C(C)C)c(F)cc1NN. The third-order valence-electron chi connectivity index (χ3n) is 2.52. The topological polar surface area (TPSA) is 38.0 Å². The van der Waals surface area contributed by atoms with E-state index in [1.807, 2.05) is 19.9 Å². The van der Waals surface area contributed by atoms with Gasteiger partial charge in [-0.15, -0.1) is 0 Å². The minimum atomic E-state index is -0.183. The van der Waals surface area contributed by atoms with Crippen LogP contribution >= 0.6 is 0 Å². The highest BCUT2D eigenvalue weighted by Crippen LogP contribution is 2.26. The molecule has 2 nitrogen and oxygen atoms in total. The number of nitrogen functional groups attached to an aromatic ring is 1. The van der Waals surface area contributed by atoms with E-state index in [-0.39, 0.29) is 11.7 Å². The van der Waals surface area contributed by atoms with Gasteiger partial charge in [-0.25, -0.2) is 4.39 Å². The molecule has 0 radical (unpaired) electrons. The van der Waals surface area contributed by atoms with Gasteiger partial charge in [-0.1, -0.05) is 33.3 Å². The van der Waals surface area contributed by atoms with Crippen LogP contribution in [0.25, 0.3) is 0 Å². The number of hydrogen-bond acceptors (Lipinski definition) is 2. The van der Waals surface area contributed by atoms with Gasteiger partial charge in [0, 0.05) is 0 Å². The van der Waals surface area contributed by atoms with E-state index in [0.717, 1.165) is 24.0 Å². The lowest BCUT2D eigenvalue weighted by Gasteiger charge is -2.14. The number of anilines is 1. The van der Waals surface area contributed by atoms with Crippen molar-refractivity contribution in [2.75, 3.05) is 5.43 Å². The summed E-state index contributed by atoms with van der Waals surface area (Å²) in [6.45, 7) is 6.08. The number of hydrogen-bond donors (Lipinski definition) is 2. The molecule has 3 N–H and O–H groups in total. The first-order valence-electron chi connectivity index (χ1n) is 5.39. The maximum atomic E-state index is 13.6. The van der Waals surface area contributed by atoms with E-state index >= 15 is 0 Å². The molecule has 1 rings (SSSR count). The molecule has 3 heteroatoms. The zero-order chi connectivity index (χ0) is 11.4. The molecule has 0 spiro atoms. The molecule has 0 aromatic heterocycles. The van der Waals surface area contributed by atoms with Gasteiger partial charge in [-0.2, -0.15) is 0 Å². The Hall–Kier alpha value is -1.09. The van der Waals surface area contributed by atoms with Gasteiger partial charge in [-0.3, -0.25) is 5.84 Å². The average Bonchev–Trinajstić information content (AvgIpc) is 2.20. The van der Waals surface area contributed by atoms with E-state index in [9.17, 15) is 4.39 Å². The zero-order valence-corrected chi connectivity index (χ0v) is 9.60. The Morgan fingerprint density at radius 1 is 1.40 bits per heavy atom. The molecule has 0 aliphatic carbocycles. The number of rotatable bonds is 4. The van der Waals surface area contributed by atoms with Gasteiger partial charge in [0.2, 0.25) is 0 Å². The molecule has 0 bridgehead atoms. The summed E-state index contributed by atoms with van der Waals surface area (Å²) < 4.78 is 13.6. The summed E-state index contributed by atoms with van der Waals surface area (Å²) in [6.07, 6.45) is 1.94. The molecule has 0 saturated heterocycles. The zero-order valence-electron chi connectivity index (χ0n) is 9.60. The lowest BCUT2D eigenvalue weighted by molar-refractivity contribution is 0.597. The van der Waals surface area contributed by atoms with Gasteiger partial charge < -0.3 is 5.43 Å². The van der Waals surface area contributed by atoms with Crippen molar-refractivity contribution < 1.29 is 4.39 Å². The van der Waals surface area contributed by atoms with Crippen molar-refractivity contribution in [2.24, 2.45) is 5.84 Å². The van der Waals surface area contributed by atoms with Crippen molar-refractivity contribution in [3.63, 3.8) is 0 Å². The average molecular weight is 210 g/mol. The summed E-state index contributed by atoms with van der Waals surface area (Å²) in [7, 11) is 0. The third kappa shape index (κ3) is 2.69. The first kappa shape index (κ1) is 12.0. The highest BCUT2D eigenvalue weighted by atomic mass is 19.1. The molecule has 0 aliphatic heterocycles. The Bertz CT molecular complexity index is 335. The Balaban J connectivity index is 3.17. The molecule has 15 heavy (non-hydrogen) atoms. The standard InChI is InChI=1S/C12H19FN2/c1-4-5-9-6-10(8(2)3)11(13)7-12(9)15-14/h6-8,15H,4-5,14H2,1-3H3. The molecule has 0 saturated carbocycles. The molecular formula is C12H19FN2. The van der Waals surface area contributed by atoms with Gasteiger partial charge in [0.05, 0.1) is 5.69 Å². The minimum Gasteiger partial charge on any atom is -0.324 e. The van der Waals surface area contributed by atoms with Crippen molar-refractivity contribution in [1.29, 1.82) is 0 Å². The summed E-state index contributed by atoms with van der Waals surface area (Å²) in [5.74, 6) is 5.38. The van der Waals surface area contributed by atoms with Crippen molar-refractivity contribution in [3.05, 3.63) is 29.1 Å². The fourth-order valence-corrected chi connectivity index (χ4v) is 1.69. The molecule has 1 aromatic rings. The van der Waals surface area contributed by atoms with Crippen LogP contribution in [0.1, 0.15) is 44.2 Å². The van der Waals surface area contributed by atoms with Crippen molar-refractivity contribution in [1.82, 2.24) is 0 Å². The van der Waals surface area contributed by atoms with Gasteiger partial charge in [-0.05, 0) is 29.5 Å². The number of aryl methyl sites for hydroxylation is 1. The van der Waals surface area contributed by atoms with Crippen LogP contribution in [0.5, 0.6) is 0 Å². The van der Waals surface area contributed by atoms with Crippen molar-refractivity contribution >= 4 is 5.69 Å². The number of benzene rings is 1. The van der Waals surface area contributed by atoms with E-state index in [1.54, 1.807) is 0 Å². The molecule has 0 aliphatic rings. The highest BCUT2D eigenvalue weighted by Gasteiger charge is 2.11. The van der Waals surface area contributed by atoms with Gasteiger partial charge in [0.1, 0.15) is 5.82 Å². The van der Waals surface area contributed by atoms with E-state index in [4.69, 9.17) is 5.84 Å². The summed E-state index contributed by atoms with van der Waals surface area (Å²) >= 11 is 0. The second kappa shape index (κ2) is 5.12. The van der Waals surface area contributed by atoms with Crippen LogP contribution in [0.3, 0.4) is 0 Å². The van der Waals surface area contributed by atoms with E-state index in [0.29, 0.717) is 5.69 Å². The number of halogens is 1. The number of nitrogens with one attached hydrogen (secondary N) is 1. The molecule has 0 unspecified atom stereocenters. The number of nitrogens with two attached hydrogens (primary N) is 1. The fourth-order valence-electron chi connectivity index (χ4n) is 1.69. The highest BCUT2D eigenvalue weighted by molar-refractivity contribution is 5.53. The Morgan fingerprint density at radius 3 is 2.53 bits per heavy atom. The quantitative estimate of drug-likeness (QED) is 0.591. The molecule has 1 aromatic carbocycles. The second-order valence-electron chi connectivity index (χ2n) is 4.08. The fraction of sp³-hybridized carbons (Fsp3) is 0.500. The number of hydrazine groups is 1. The predicted molar refractivity (Wildman–Crippen MR) is 62.3 cm³/mol. The first-order chi connectivity index (χ1) is 7.10. The van der Waals surface area contributed by atoms with Gasteiger partial charge in [0.25, 0.3) is 0 Å². The summed E-state index contributed by atoms with van der Waals surface area (Å²) in [6, 6.07) is 3.40. The molecule has 0 atom stereocenters. The maximum Gasteiger partial charge on any atom is 0.128 e. The van der Waals surface area contributed by atoms with Crippen LogP contribution in [-0.4, -0.2) is 0 Å². The molecule has 84 valence electrons. The smallest absolute Gasteiger partial charge is 0.128 e. The summed E-state index contributed by atoms with van der Waals surface area (Å²) in [5.41, 5.74) is 5.09. The summed E-state index contributed by atoms with van der Waals surface area (Å²) in [5, 5.41) is 0. The molecular weight excluding hydrogens is 191 g/mol. The van der Waals surface area contributed by atoms with Crippen molar-refractivity contribution in [2.45, 2.75) is 39.5 Å². The first-order valence-corrected chi connectivity index (χ1v) is 5.39. The second-order valence-corrected chi connectivity index (χ2v) is 4.08. The Labute approximate surface area is 90.6 Å². The van der Waals surface area contributed by atoms with E-state index < -0.39 is 0 Å². The Kier molecular flexibility index (Phi) is 4.09. The lowest BCUT2D eigenvalue weighted by Crippen LogP contribution is -2.11. The normalized spacial score (nSPS) is 10.8. The largest absolute Gasteiger partial charge is 0.324 e. The minimum absolute atomic E-state index is 0.183. The summed E-state index contributed by atoms with van der Waals surface area (Å²) in [4.78, 5) is 0. The van der Waals surface area contributed by atoms with E-state index in [1.165, 1.54) is 6.07 Å². The monoisotopic (exact) mass is 210 g/mol. The van der Waals surface area contributed by atoms with Crippen LogP contribution in [0.4, 0.5) is 10.1 Å².